The second kappa shape index (κ2) is 5.99. The van der Waals surface area contributed by atoms with Crippen LogP contribution in [-0.4, -0.2) is 37.8 Å². The number of nitrogens with one attached hydrogen (secondary N) is 1. The van der Waals surface area contributed by atoms with Gasteiger partial charge in [0, 0.05) is 18.5 Å². The summed E-state index contributed by atoms with van der Waals surface area (Å²) in [5.41, 5.74) is 8.18. The lowest BCUT2D eigenvalue weighted by Gasteiger charge is -2.34. The van der Waals surface area contributed by atoms with Gasteiger partial charge in [0.25, 0.3) is 5.91 Å². The largest absolute Gasteiger partial charge is 0.485 e. The van der Waals surface area contributed by atoms with Crippen molar-refractivity contribution in [3.63, 3.8) is 0 Å². The molecule has 0 spiro atoms. The zero-order valence-corrected chi connectivity index (χ0v) is 14.3. The Morgan fingerprint density at radius 3 is 3.15 bits per heavy atom. The molecule has 1 atom stereocenters. The Kier molecular flexibility index (Phi) is 3.77. The van der Waals surface area contributed by atoms with Crippen molar-refractivity contribution in [2.45, 2.75) is 25.4 Å². The van der Waals surface area contributed by atoms with E-state index in [4.69, 9.17) is 10.5 Å². The average molecular weight is 353 g/mol. The molecule has 0 saturated carbocycles. The molecule has 0 fully saturated rings. The third-order valence-corrected chi connectivity index (χ3v) is 4.62. The summed E-state index contributed by atoms with van der Waals surface area (Å²) in [4.78, 5) is 16.8. The number of nitrogens with two attached hydrogens (primary N) is 1. The van der Waals surface area contributed by atoms with Gasteiger partial charge in [-0.1, -0.05) is 0 Å². The summed E-state index contributed by atoms with van der Waals surface area (Å²) in [5, 5.41) is 16.4. The Morgan fingerprint density at radius 1 is 1.50 bits per heavy atom. The number of nitrogen functional groups attached to an aromatic ring is 1. The van der Waals surface area contributed by atoms with Crippen molar-refractivity contribution in [3.05, 3.63) is 47.9 Å². The molecule has 0 aliphatic carbocycles. The van der Waals surface area contributed by atoms with Crippen LogP contribution in [0.4, 0.5) is 11.4 Å². The number of aliphatic hydroxyl groups excluding tert-OH is 1. The predicted octanol–water partition coefficient (Wildman–Crippen LogP) is 1.64. The number of hydrogen-bond acceptors (Lipinski definition) is 6. The molecule has 1 aliphatic heterocycles. The van der Waals surface area contributed by atoms with Gasteiger partial charge in [-0.05, 0) is 37.5 Å². The number of hydrogen-bond donors (Lipinski definition) is 3. The number of rotatable bonds is 3. The first-order valence-corrected chi connectivity index (χ1v) is 8.31. The van der Waals surface area contributed by atoms with Crippen molar-refractivity contribution in [1.82, 2.24) is 14.6 Å². The number of aryl methyl sites for hydroxylation is 1. The van der Waals surface area contributed by atoms with Gasteiger partial charge in [-0.3, -0.25) is 4.79 Å². The number of aromatic nitrogens is 3. The first-order valence-electron chi connectivity index (χ1n) is 8.31. The highest BCUT2D eigenvalue weighted by Crippen LogP contribution is 2.37. The van der Waals surface area contributed by atoms with Gasteiger partial charge in [0.1, 0.15) is 16.9 Å². The van der Waals surface area contributed by atoms with Crippen molar-refractivity contribution < 1.29 is 14.6 Å². The van der Waals surface area contributed by atoms with E-state index in [1.807, 2.05) is 13.0 Å². The van der Waals surface area contributed by atoms with Crippen LogP contribution in [0.3, 0.4) is 0 Å². The van der Waals surface area contributed by atoms with Gasteiger partial charge in [-0.25, -0.2) is 9.50 Å². The molecule has 0 unspecified atom stereocenters. The van der Waals surface area contributed by atoms with Crippen LogP contribution in [0.5, 0.6) is 5.75 Å². The molecular weight excluding hydrogens is 334 g/mol. The molecule has 4 N–H and O–H groups in total. The minimum atomic E-state index is -0.604. The lowest BCUT2D eigenvalue weighted by molar-refractivity contribution is 0.00817. The first-order chi connectivity index (χ1) is 12.5. The number of nitrogens with zero attached hydrogens (tertiary/aromatic N) is 3. The highest BCUT2D eigenvalue weighted by molar-refractivity contribution is 6.09. The summed E-state index contributed by atoms with van der Waals surface area (Å²) >= 11 is 0. The molecule has 0 bridgehead atoms. The van der Waals surface area contributed by atoms with Gasteiger partial charge in [0.05, 0.1) is 24.2 Å². The fourth-order valence-electron chi connectivity index (χ4n) is 3.04. The molecule has 8 nitrogen and oxygen atoms in total. The number of aliphatic hydroxyl groups is 1. The first kappa shape index (κ1) is 16.3. The van der Waals surface area contributed by atoms with E-state index in [1.54, 1.807) is 24.5 Å². The lowest BCUT2D eigenvalue weighted by Crippen LogP contribution is -2.40. The van der Waals surface area contributed by atoms with Crippen molar-refractivity contribution in [2.24, 2.45) is 0 Å². The minimum Gasteiger partial charge on any atom is -0.485 e. The van der Waals surface area contributed by atoms with Crippen LogP contribution in [0.15, 0.2) is 36.8 Å². The van der Waals surface area contributed by atoms with Crippen LogP contribution in [0.25, 0.3) is 5.65 Å². The molecule has 134 valence electrons. The summed E-state index contributed by atoms with van der Waals surface area (Å²) < 4.78 is 7.41. The number of amides is 1. The van der Waals surface area contributed by atoms with Crippen molar-refractivity contribution in [3.8, 4) is 5.75 Å². The molecule has 1 aliphatic rings. The van der Waals surface area contributed by atoms with E-state index in [9.17, 15) is 9.90 Å². The molecule has 2 aromatic heterocycles. The van der Waals surface area contributed by atoms with Gasteiger partial charge in [0.2, 0.25) is 0 Å². The average Bonchev–Trinajstić information content (AvgIpc) is 3.07. The predicted molar refractivity (Wildman–Crippen MR) is 96.2 cm³/mol. The van der Waals surface area contributed by atoms with Crippen LogP contribution in [0.1, 0.15) is 29.3 Å². The minimum absolute atomic E-state index is 0.0629. The van der Waals surface area contributed by atoms with Crippen molar-refractivity contribution in [2.75, 3.05) is 17.7 Å². The molecule has 4 rings (SSSR count). The molecule has 0 saturated heterocycles. The molecule has 1 amide bonds. The standard InChI is InChI=1S/C18H19N5O3/c1-18(10-24)4-3-11-7-14(13(19)8-15(11)26-18)22-17(25)12-9-21-23-6-2-5-20-16(12)23/h2,5-9,24H,3-4,10,19H2,1H3,(H,22,25)/t18-/m0/s1. The third kappa shape index (κ3) is 2.74. The van der Waals surface area contributed by atoms with Gasteiger partial charge >= 0.3 is 0 Å². The molecule has 0 radical (unpaired) electrons. The maximum atomic E-state index is 12.6. The highest BCUT2D eigenvalue weighted by Gasteiger charge is 2.31. The molecule has 26 heavy (non-hydrogen) atoms. The maximum absolute atomic E-state index is 12.6. The number of carbonyl (C=O) groups is 1. The van der Waals surface area contributed by atoms with Gasteiger partial charge in [-0.15, -0.1) is 0 Å². The smallest absolute Gasteiger partial charge is 0.261 e. The van der Waals surface area contributed by atoms with Gasteiger partial charge in [0.15, 0.2) is 5.65 Å². The third-order valence-electron chi connectivity index (χ3n) is 4.62. The van der Waals surface area contributed by atoms with E-state index in [-0.39, 0.29) is 12.5 Å². The van der Waals surface area contributed by atoms with E-state index < -0.39 is 5.60 Å². The van der Waals surface area contributed by atoms with Crippen LogP contribution in [0, 0.1) is 0 Å². The van der Waals surface area contributed by atoms with E-state index in [2.05, 4.69) is 15.4 Å². The monoisotopic (exact) mass is 353 g/mol. The Labute approximate surface area is 149 Å². The summed E-state index contributed by atoms with van der Waals surface area (Å²) in [6, 6.07) is 5.24. The topological polar surface area (TPSA) is 115 Å². The van der Waals surface area contributed by atoms with E-state index in [0.29, 0.717) is 34.8 Å². The van der Waals surface area contributed by atoms with Crippen molar-refractivity contribution >= 4 is 22.9 Å². The van der Waals surface area contributed by atoms with Crippen molar-refractivity contribution in [1.29, 1.82) is 0 Å². The van der Waals surface area contributed by atoms with E-state index >= 15 is 0 Å². The summed E-state index contributed by atoms with van der Waals surface area (Å²) in [5.74, 6) is 0.309. The number of benzene rings is 1. The van der Waals surface area contributed by atoms with Crippen LogP contribution in [-0.2, 0) is 6.42 Å². The Morgan fingerprint density at radius 2 is 2.35 bits per heavy atom. The zero-order valence-electron chi connectivity index (χ0n) is 14.3. The van der Waals surface area contributed by atoms with Crippen LogP contribution >= 0.6 is 0 Å². The maximum Gasteiger partial charge on any atom is 0.261 e. The Hall–Kier alpha value is -3.13. The summed E-state index contributed by atoms with van der Waals surface area (Å²) in [6.07, 6.45) is 6.22. The number of carbonyl (C=O) groups excluding carboxylic acids is 1. The fourth-order valence-corrected chi connectivity index (χ4v) is 3.04. The SMILES string of the molecule is C[C@@]1(CO)CCc2cc(NC(=O)c3cnn4cccnc34)c(N)cc2O1. The molecule has 1 aromatic carbocycles. The number of anilines is 2. The number of ether oxygens (including phenoxy) is 1. The van der Waals surface area contributed by atoms with E-state index in [1.165, 1.54) is 10.7 Å². The Bertz CT molecular complexity index is 1000. The summed E-state index contributed by atoms with van der Waals surface area (Å²) in [7, 11) is 0. The number of fused-ring (bicyclic) bond motifs is 2. The highest BCUT2D eigenvalue weighted by atomic mass is 16.5. The Balaban J connectivity index is 1.62. The van der Waals surface area contributed by atoms with Gasteiger partial charge in [-0.2, -0.15) is 5.10 Å². The molecule has 8 heteroatoms. The second-order valence-corrected chi connectivity index (χ2v) is 6.66. The quantitative estimate of drug-likeness (QED) is 0.617. The summed E-state index contributed by atoms with van der Waals surface area (Å²) in [6.45, 7) is 1.80. The van der Waals surface area contributed by atoms with Crippen LogP contribution < -0.4 is 15.8 Å². The van der Waals surface area contributed by atoms with Crippen LogP contribution in [0.2, 0.25) is 0 Å². The van der Waals surface area contributed by atoms with E-state index in [0.717, 1.165) is 12.0 Å². The molecular formula is C18H19N5O3. The molecule has 3 heterocycles. The van der Waals surface area contributed by atoms with Gasteiger partial charge < -0.3 is 20.9 Å². The second-order valence-electron chi connectivity index (χ2n) is 6.66. The lowest BCUT2D eigenvalue weighted by atomic mass is 9.93. The fraction of sp³-hybridized carbons (Fsp3) is 0.278. The normalized spacial score (nSPS) is 19.0. The zero-order chi connectivity index (χ0) is 18.3. The molecule has 3 aromatic rings.